The fraction of sp³-hybridized carbons (Fsp3) is 0.900. The van der Waals surface area contributed by atoms with Crippen LogP contribution in [0.4, 0.5) is 0 Å². The minimum Gasteiger partial charge on any atom is -0.465 e. The molecule has 12 heavy (non-hydrogen) atoms. The molecule has 1 saturated carbocycles. The van der Waals surface area contributed by atoms with Crippen molar-refractivity contribution in [2.75, 3.05) is 6.61 Å². The van der Waals surface area contributed by atoms with Gasteiger partial charge in [-0.3, -0.25) is 4.79 Å². The van der Waals surface area contributed by atoms with Crippen LogP contribution in [-0.4, -0.2) is 12.6 Å². The highest BCUT2D eigenvalue weighted by Gasteiger charge is 2.45. The van der Waals surface area contributed by atoms with Gasteiger partial charge in [0.25, 0.3) is 0 Å². The minimum atomic E-state index is 0.0584. The van der Waals surface area contributed by atoms with Crippen LogP contribution in [-0.2, 0) is 9.53 Å². The van der Waals surface area contributed by atoms with Crippen molar-refractivity contribution in [1.82, 2.24) is 0 Å². The molecule has 0 spiro atoms. The maximum atomic E-state index is 11.4. The van der Waals surface area contributed by atoms with E-state index in [-0.39, 0.29) is 11.9 Å². The Labute approximate surface area is 73.3 Å². The summed E-state index contributed by atoms with van der Waals surface area (Å²) >= 11 is 0. The zero-order valence-electron chi connectivity index (χ0n) is 7.75. The van der Waals surface area contributed by atoms with Crippen LogP contribution >= 0.6 is 0 Å². The van der Waals surface area contributed by atoms with Crippen LogP contribution in [0.5, 0.6) is 0 Å². The second-order valence-corrected chi connectivity index (χ2v) is 4.35. The van der Waals surface area contributed by atoms with Crippen LogP contribution in [0.1, 0.15) is 26.7 Å². The number of hydrogen-bond acceptors (Lipinski definition) is 2. The number of fused-ring (bicyclic) bond motifs is 1. The predicted octanol–water partition coefficient (Wildman–Crippen LogP) is 1.84. The van der Waals surface area contributed by atoms with Gasteiger partial charge < -0.3 is 4.74 Å². The van der Waals surface area contributed by atoms with Crippen LogP contribution in [0, 0.1) is 23.7 Å². The fourth-order valence-electron chi connectivity index (χ4n) is 2.72. The van der Waals surface area contributed by atoms with Gasteiger partial charge in [-0.15, -0.1) is 0 Å². The summed E-state index contributed by atoms with van der Waals surface area (Å²) < 4.78 is 5.14. The van der Waals surface area contributed by atoms with Gasteiger partial charge in [0.2, 0.25) is 0 Å². The summed E-state index contributed by atoms with van der Waals surface area (Å²) in [5.41, 5.74) is 0. The molecule has 1 saturated heterocycles. The molecule has 2 rings (SSSR count). The lowest BCUT2D eigenvalue weighted by Crippen LogP contribution is -2.37. The van der Waals surface area contributed by atoms with Crippen molar-refractivity contribution < 1.29 is 9.53 Å². The molecule has 0 aromatic heterocycles. The normalized spacial score (nSPS) is 47.0. The Bertz CT molecular complexity index is 200. The summed E-state index contributed by atoms with van der Waals surface area (Å²) in [7, 11) is 0. The number of cyclic esters (lactones) is 1. The van der Waals surface area contributed by atoms with E-state index < -0.39 is 0 Å². The lowest BCUT2D eigenvalue weighted by Gasteiger charge is -2.31. The van der Waals surface area contributed by atoms with Gasteiger partial charge >= 0.3 is 5.97 Å². The molecule has 0 bridgehead atoms. The van der Waals surface area contributed by atoms with Crippen molar-refractivity contribution in [3.8, 4) is 0 Å². The number of carbonyl (C=O) groups is 1. The van der Waals surface area contributed by atoms with Crippen molar-refractivity contribution in [2.24, 2.45) is 23.7 Å². The number of ether oxygens (including phenoxy) is 1. The quantitative estimate of drug-likeness (QED) is 0.516. The number of carbonyl (C=O) groups excluding carboxylic acids is 1. The number of esters is 1. The Hall–Kier alpha value is -0.530. The molecule has 0 aromatic rings. The van der Waals surface area contributed by atoms with Crippen molar-refractivity contribution in [2.45, 2.75) is 26.7 Å². The molecule has 2 heteroatoms. The van der Waals surface area contributed by atoms with Crippen LogP contribution in [0.15, 0.2) is 0 Å². The highest BCUT2D eigenvalue weighted by atomic mass is 16.5. The van der Waals surface area contributed by atoms with Gasteiger partial charge in [0.05, 0.1) is 12.5 Å². The van der Waals surface area contributed by atoms with E-state index in [1.165, 1.54) is 12.8 Å². The van der Waals surface area contributed by atoms with Gasteiger partial charge in [0.1, 0.15) is 0 Å². The molecule has 4 atom stereocenters. The third-order valence-corrected chi connectivity index (χ3v) is 3.52. The van der Waals surface area contributed by atoms with Gasteiger partial charge in [0.15, 0.2) is 0 Å². The Kier molecular flexibility index (Phi) is 1.85. The van der Waals surface area contributed by atoms with E-state index in [2.05, 4.69) is 13.8 Å². The Morgan fingerprint density at radius 1 is 1.25 bits per heavy atom. The molecule has 1 aliphatic heterocycles. The smallest absolute Gasteiger partial charge is 0.309 e. The molecule has 1 heterocycles. The molecular weight excluding hydrogens is 152 g/mol. The molecule has 0 aromatic carbocycles. The summed E-state index contributed by atoms with van der Waals surface area (Å²) in [5, 5.41) is 0. The zero-order valence-corrected chi connectivity index (χ0v) is 7.75. The molecular formula is C10H16O2. The summed E-state index contributed by atoms with van der Waals surface area (Å²) in [4.78, 5) is 11.4. The van der Waals surface area contributed by atoms with Crippen LogP contribution in [0.25, 0.3) is 0 Å². The van der Waals surface area contributed by atoms with E-state index in [9.17, 15) is 4.79 Å². The average molecular weight is 168 g/mol. The molecule has 68 valence electrons. The number of hydrogen-bond donors (Lipinski definition) is 0. The maximum Gasteiger partial charge on any atom is 0.309 e. The first-order valence-electron chi connectivity index (χ1n) is 4.87. The summed E-state index contributed by atoms with van der Waals surface area (Å²) in [6, 6.07) is 0. The average Bonchev–Trinajstić information content (AvgIpc) is 2.42. The minimum absolute atomic E-state index is 0.0584. The molecule has 2 aliphatic rings. The van der Waals surface area contributed by atoms with E-state index >= 15 is 0 Å². The summed E-state index contributed by atoms with van der Waals surface area (Å²) in [6.45, 7) is 5.01. The van der Waals surface area contributed by atoms with Crippen molar-refractivity contribution >= 4 is 5.97 Å². The predicted molar refractivity (Wildman–Crippen MR) is 45.5 cm³/mol. The largest absolute Gasteiger partial charge is 0.465 e. The highest BCUT2D eigenvalue weighted by molar-refractivity contribution is 5.74. The lowest BCUT2D eigenvalue weighted by molar-refractivity contribution is -0.160. The van der Waals surface area contributed by atoms with Crippen LogP contribution < -0.4 is 0 Å². The number of rotatable bonds is 0. The van der Waals surface area contributed by atoms with E-state index in [0.29, 0.717) is 24.4 Å². The van der Waals surface area contributed by atoms with Crippen LogP contribution in [0.2, 0.25) is 0 Å². The SMILES string of the molecule is CC1CC[C@@H]2C(C)COC(=O)C12. The van der Waals surface area contributed by atoms with Crippen molar-refractivity contribution in [1.29, 1.82) is 0 Å². The standard InChI is InChI=1S/C10H16O2/c1-6-3-4-8-7(2)5-12-10(11)9(6)8/h6-9H,3-5H2,1-2H3/t6?,7?,8-,9?/m1/s1. The molecule has 2 nitrogen and oxygen atoms in total. The molecule has 0 amide bonds. The third-order valence-electron chi connectivity index (χ3n) is 3.52. The van der Waals surface area contributed by atoms with Gasteiger partial charge in [-0.2, -0.15) is 0 Å². The first-order valence-corrected chi connectivity index (χ1v) is 4.87. The van der Waals surface area contributed by atoms with E-state index in [1.54, 1.807) is 0 Å². The monoisotopic (exact) mass is 168 g/mol. The molecule has 1 aliphatic carbocycles. The zero-order chi connectivity index (χ0) is 8.72. The molecule has 0 N–H and O–H groups in total. The Morgan fingerprint density at radius 2 is 2.00 bits per heavy atom. The van der Waals surface area contributed by atoms with Gasteiger partial charge in [-0.25, -0.2) is 0 Å². The van der Waals surface area contributed by atoms with Crippen molar-refractivity contribution in [3.63, 3.8) is 0 Å². The Balaban J connectivity index is 2.18. The fourth-order valence-corrected chi connectivity index (χ4v) is 2.72. The highest BCUT2D eigenvalue weighted by Crippen LogP contribution is 2.44. The second kappa shape index (κ2) is 2.75. The Morgan fingerprint density at radius 3 is 2.67 bits per heavy atom. The maximum absolute atomic E-state index is 11.4. The first kappa shape index (κ1) is 8.09. The van der Waals surface area contributed by atoms with E-state index in [4.69, 9.17) is 4.74 Å². The molecule has 3 unspecified atom stereocenters. The summed E-state index contributed by atoms with van der Waals surface area (Å²) in [6.07, 6.45) is 2.43. The summed E-state index contributed by atoms with van der Waals surface area (Å²) in [5.74, 6) is 2.01. The second-order valence-electron chi connectivity index (χ2n) is 4.35. The van der Waals surface area contributed by atoms with Gasteiger partial charge in [-0.1, -0.05) is 13.8 Å². The molecule has 0 radical (unpaired) electrons. The van der Waals surface area contributed by atoms with Gasteiger partial charge in [-0.05, 0) is 30.6 Å². The third kappa shape index (κ3) is 1.05. The first-order chi connectivity index (χ1) is 5.70. The lowest BCUT2D eigenvalue weighted by atomic mass is 9.81. The van der Waals surface area contributed by atoms with E-state index in [1.807, 2.05) is 0 Å². The van der Waals surface area contributed by atoms with Gasteiger partial charge in [0, 0.05) is 0 Å². The van der Waals surface area contributed by atoms with Crippen molar-refractivity contribution in [3.05, 3.63) is 0 Å². The van der Waals surface area contributed by atoms with Crippen LogP contribution in [0.3, 0.4) is 0 Å². The topological polar surface area (TPSA) is 26.3 Å². The van der Waals surface area contributed by atoms with E-state index in [0.717, 1.165) is 0 Å². The molecule has 2 fully saturated rings.